The van der Waals surface area contributed by atoms with E-state index in [1.807, 2.05) is 0 Å². The van der Waals surface area contributed by atoms with Crippen LogP contribution >= 0.6 is 0 Å². The first-order valence-electron chi connectivity index (χ1n) is 5.25. The molecule has 2 unspecified atom stereocenters. The van der Waals surface area contributed by atoms with E-state index in [0.717, 1.165) is 13.0 Å². The van der Waals surface area contributed by atoms with Gasteiger partial charge in [-0.05, 0) is 12.8 Å². The highest BCUT2D eigenvalue weighted by Gasteiger charge is 2.27. The van der Waals surface area contributed by atoms with Crippen LogP contribution in [0, 0.1) is 0 Å². The maximum atomic E-state index is 11.8. The lowest BCUT2D eigenvalue weighted by atomic mass is 10.1. The van der Waals surface area contributed by atoms with E-state index in [1.54, 1.807) is 19.1 Å². The number of nitrogens with zero attached hydrogens (tertiary/aromatic N) is 1. The van der Waals surface area contributed by atoms with Crippen LogP contribution in [-0.4, -0.2) is 56.9 Å². The molecule has 5 heteroatoms. The third-order valence-corrected chi connectivity index (χ3v) is 2.75. The van der Waals surface area contributed by atoms with Crippen LogP contribution in [0.5, 0.6) is 0 Å². The summed E-state index contributed by atoms with van der Waals surface area (Å²) in [6.45, 7) is 1.87. The molecule has 88 valence electrons. The molecule has 0 aliphatic carbocycles. The summed E-state index contributed by atoms with van der Waals surface area (Å²) in [5.74, 6) is -0.0254. The van der Waals surface area contributed by atoms with Gasteiger partial charge in [0.25, 0.3) is 0 Å². The van der Waals surface area contributed by atoms with Crippen molar-refractivity contribution >= 4 is 5.91 Å². The van der Waals surface area contributed by atoms with Crippen LogP contribution in [0.2, 0.25) is 0 Å². The first-order chi connectivity index (χ1) is 7.16. The van der Waals surface area contributed by atoms with Crippen LogP contribution in [0.4, 0.5) is 0 Å². The minimum atomic E-state index is -0.462. The summed E-state index contributed by atoms with van der Waals surface area (Å²) in [5, 5.41) is 0. The standard InChI is InChI=1S/C10H20N2O3/c1-12(8-3-6-15-7-8)10(13)9(11)4-5-14-2/h8-9H,3-7,11H2,1-2H3. The molecule has 15 heavy (non-hydrogen) atoms. The van der Waals surface area contributed by atoms with Crippen molar-refractivity contribution in [1.82, 2.24) is 4.90 Å². The van der Waals surface area contributed by atoms with Crippen molar-refractivity contribution in [3.8, 4) is 0 Å². The molecule has 1 aliphatic rings. The second-order valence-corrected chi connectivity index (χ2v) is 3.85. The number of carbonyl (C=O) groups excluding carboxylic acids is 1. The number of amides is 1. The van der Waals surface area contributed by atoms with Gasteiger partial charge in [0.05, 0.1) is 18.7 Å². The Hall–Kier alpha value is -0.650. The van der Waals surface area contributed by atoms with Crippen LogP contribution in [0.15, 0.2) is 0 Å². The maximum Gasteiger partial charge on any atom is 0.239 e. The molecule has 0 aromatic rings. The first kappa shape index (κ1) is 12.4. The third kappa shape index (κ3) is 3.44. The summed E-state index contributed by atoms with van der Waals surface area (Å²) < 4.78 is 10.1. The van der Waals surface area contributed by atoms with Gasteiger partial charge in [-0.15, -0.1) is 0 Å². The minimum absolute atomic E-state index is 0.0254. The number of hydrogen-bond acceptors (Lipinski definition) is 4. The molecule has 1 saturated heterocycles. The molecular formula is C10H20N2O3. The van der Waals surface area contributed by atoms with Gasteiger partial charge in [0.1, 0.15) is 0 Å². The molecule has 0 spiro atoms. The van der Waals surface area contributed by atoms with Gasteiger partial charge in [0.2, 0.25) is 5.91 Å². The van der Waals surface area contributed by atoms with Gasteiger partial charge < -0.3 is 20.1 Å². The Morgan fingerprint density at radius 3 is 3.00 bits per heavy atom. The van der Waals surface area contributed by atoms with Gasteiger partial charge in [-0.2, -0.15) is 0 Å². The number of ether oxygens (including phenoxy) is 2. The number of methoxy groups -OCH3 is 1. The largest absolute Gasteiger partial charge is 0.385 e. The predicted octanol–water partition coefficient (Wildman–Crippen LogP) is -0.402. The molecule has 1 fully saturated rings. The Labute approximate surface area is 90.5 Å². The molecule has 2 atom stereocenters. The molecule has 0 aromatic carbocycles. The molecular weight excluding hydrogens is 196 g/mol. The highest BCUT2D eigenvalue weighted by Crippen LogP contribution is 2.11. The molecule has 0 saturated carbocycles. The smallest absolute Gasteiger partial charge is 0.239 e. The zero-order valence-corrected chi connectivity index (χ0v) is 9.44. The van der Waals surface area contributed by atoms with E-state index in [-0.39, 0.29) is 11.9 Å². The average Bonchev–Trinajstić information content (AvgIpc) is 2.77. The molecule has 2 N–H and O–H groups in total. The molecule has 1 heterocycles. The van der Waals surface area contributed by atoms with Crippen molar-refractivity contribution in [3.63, 3.8) is 0 Å². The lowest BCUT2D eigenvalue weighted by Crippen LogP contribution is -2.47. The Balaban J connectivity index is 2.36. The molecule has 1 rings (SSSR count). The quantitative estimate of drug-likeness (QED) is 0.679. The first-order valence-corrected chi connectivity index (χ1v) is 5.25. The Bertz CT molecular complexity index is 205. The zero-order chi connectivity index (χ0) is 11.3. The SMILES string of the molecule is COCCC(N)C(=O)N(C)C1CCOC1. The Morgan fingerprint density at radius 1 is 1.73 bits per heavy atom. The van der Waals surface area contributed by atoms with Crippen molar-refractivity contribution in [2.24, 2.45) is 5.73 Å². The fourth-order valence-electron chi connectivity index (χ4n) is 1.64. The van der Waals surface area contributed by atoms with E-state index in [0.29, 0.717) is 19.6 Å². The van der Waals surface area contributed by atoms with E-state index in [1.165, 1.54) is 0 Å². The lowest BCUT2D eigenvalue weighted by molar-refractivity contribution is -0.133. The molecule has 5 nitrogen and oxygen atoms in total. The average molecular weight is 216 g/mol. The maximum absolute atomic E-state index is 11.8. The predicted molar refractivity (Wildman–Crippen MR) is 56.5 cm³/mol. The van der Waals surface area contributed by atoms with Crippen LogP contribution in [-0.2, 0) is 14.3 Å². The molecule has 1 aliphatic heterocycles. The summed E-state index contributed by atoms with van der Waals surface area (Å²) in [4.78, 5) is 13.5. The van der Waals surface area contributed by atoms with Crippen LogP contribution in [0.25, 0.3) is 0 Å². The highest BCUT2D eigenvalue weighted by atomic mass is 16.5. The van der Waals surface area contributed by atoms with Crippen molar-refractivity contribution < 1.29 is 14.3 Å². The summed E-state index contributed by atoms with van der Waals surface area (Å²) >= 11 is 0. The van der Waals surface area contributed by atoms with E-state index >= 15 is 0 Å². The zero-order valence-electron chi connectivity index (χ0n) is 9.44. The number of carbonyl (C=O) groups is 1. The van der Waals surface area contributed by atoms with Gasteiger partial charge in [-0.3, -0.25) is 4.79 Å². The Kier molecular flexibility index (Phi) is 5.01. The van der Waals surface area contributed by atoms with E-state index in [4.69, 9.17) is 15.2 Å². The van der Waals surface area contributed by atoms with Gasteiger partial charge in [0, 0.05) is 27.4 Å². The van der Waals surface area contributed by atoms with Crippen molar-refractivity contribution in [3.05, 3.63) is 0 Å². The fraction of sp³-hybridized carbons (Fsp3) is 0.900. The second-order valence-electron chi connectivity index (χ2n) is 3.85. The molecule has 1 amide bonds. The monoisotopic (exact) mass is 216 g/mol. The molecule has 0 aromatic heterocycles. The third-order valence-electron chi connectivity index (χ3n) is 2.75. The summed E-state index contributed by atoms with van der Waals surface area (Å²) in [6, 6.07) is -0.276. The van der Waals surface area contributed by atoms with E-state index in [2.05, 4.69) is 0 Å². The van der Waals surface area contributed by atoms with Crippen molar-refractivity contribution in [2.45, 2.75) is 24.9 Å². The normalized spacial score (nSPS) is 22.7. The van der Waals surface area contributed by atoms with E-state index in [9.17, 15) is 4.79 Å². The number of likely N-dealkylation sites (N-methyl/N-ethyl adjacent to an activating group) is 1. The van der Waals surface area contributed by atoms with Gasteiger partial charge in [-0.1, -0.05) is 0 Å². The van der Waals surface area contributed by atoms with Crippen molar-refractivity contribution in [2.75, 3.05) is 34.0 Å². The summed E-state index contributed by atoms with van der Waals surface area (Å²) in [5.41, 5.74) is 5.76. The van der Waals surface area contributed by atoms with Crippen molar-refractivity contribution in [1.29, 1.82) is 0 Å². The minimum Gasteiger partial charge on any atom is -0.385 e. The summed E-state index contributed by atoms with van der Waals surface area (Å²) in [7, 11) is 3.39. The molecule has 0 bridgehead atoms. The number of nitrogens with two attached hydrogens (primary N) is 1. The molecule has 0 radical (unpaired) electrons. The number of rotatable bonds is 5. The lowest BCUT2D eigenvalue weighted by Gasteiger charge is -2.26. The van der Waals surface area contributed by atoms with E-state index < -0.39 is 6.04 Å². The highest BCUT2D eigenvalue weighted by molar-refractivity contribution is 5.81. The van der Waals surface area contributed by atoms with Crippen LogP contribution < -0.4 is 5.73 Å². The Morgan fingerprint density at radius 2 is 2.47 bits per heavy atom. The topological polar surface area (TPSA) is 64.8 Å². The van der Waals surface area contributed by atoms with Crippen LogP contribution in [0.1, 0.15) is 12.8 Å². The van der Waals surface area contributed by atoms with Gasteiger partial charge in [0.15, 0.2) is 0 Å². The van der Waals surface area contributed by atoms with Gasteiger partial charge in [-0.25, -0.2) is 0 Å². The van der Waals surface area contributed by atoms with Crippen LogP contribution in [0.3, 0.4) is 0 Å². The second kappa shape index (κ2) is 6.05. The summed E-state index contributed by atoms with van der Waals surface area (Å²) in [6.07, 6.45) is 1.46. The number of hydrogen-bond donors (Lipinski definition) is 1. The van der Waals surface area contributed by atoms with Gasteiger partial charge >= 0.3 is 0 Å². The fourth-order valence-corrected chi connectivity index (χ4v) is 1.64.